The number of carbonyl (C=O) groups is 3. The zero-order valence-electron chi connectivity index (χ0n) is 22.9. The van der Waals surface area contributed by atoms with Crippen LogP contribution in [0.15, 0.2) is 18.3 Å². The van der Waals surface area contributed by atoms with Crippen molar-refractivity contribution in [1.82, 2.24) is 15.1 Å². The van der Waals surface area contributed by atoms with Gasteiger partial charge < -0.3 is 15.2 Å². The van der Waals surface area contributed by atoms with Crippen molar-refractivity contribution in [2.45, 2.75) is 83.7 Å². The van der Waals surface area contributed by atoms with E-state index in [1.54, 1.807) is 26.0 Å². The summed E-state index contributed by atoms with van der Waals surface area (Å²) in [6.07, 6.45) is -3.63. The minimum atomic E-state index is -4.91. The fraction of sp³-hybridized carbons (Fsp3) is 0.571. The summed E-state index contributed by atoms with van der Waals surface area (Å²) >= 11 is 12.6. The Kier molecular flexibility index (Phi) is 9.11. The Labute approximate surface area is 245 Å². The number of ether oxygens (including phenoxy) is 1. The molecule has 1 aliphatic carbocycles. The number of carboxylic acids is 1. The Balaban J connectivity index is 1.61. The maximum atomic E-state index is 14.3. The topological polar surface area (TPSA) is 111 Å². The van der Waals surface area contributed by atoms with Gasteiger partial charge in [-0.2, -0.15) is 18.3 Å². The quantitative estimate of drug-likeness (QED) is 0.326. The summed E-state index contributed by atoms with van der Waals surface area (Å²) < 4.78 is 49.6. The fourth-order valence-electron chi connectivity index (χ4n) is 5.78. The van der Waals surface area contributed by atoms with E-state index >= 15 is 0 Å². The average Bonchev–Trinajstić information content (AvgIpc) is 3.50. The molecule has 8 nitrogen and oxygen atoms in total. The number of nitrogens with zero attached hydrogens (tertiary/aromatic N) is 2. The van der Waals surface area contributed by atoms with Crippen molar-refractivity contribution in [2.24, 2.45) is 11.3 Å². The summed E-state index contributed by atoms with van der Waals surface area (Å²) in [6, 6.07) is 1.48. The van der Waals surface area contributed by atoms with Gasteiger partial charge in [0.25, 0.3) is 5.91 Å². The molecule has 3 atom stereocenters. The highest BCUT2D eigenvalue weighted by Crippen LogP contribution is 2.43. The van der Waals surface area contributed by atoms with Crippen LogP contribution < -0.4 is 5.32 Å². The normalized spacial score (nSPS) is 25.6. The second kappa shape index (κ2) is 11.9. The van der Waals surface area contributed by atoms with Crippen LogP contribution in [0.1, 0.15) is 90.4 Å². The predicted molar refractivity (Wildman–Crippen MR) is 145 cm³/mol. The van der Waals surface area contributed by atoms with Gasteiger partial charge in [-0.1, -0.05) is 30.1 Å². The Bertz CT molecular complexity index is 1310. The van der Waals surface area contributed by atoms with Crippen molar-refractivity contribution < 1.29 is 37.4 Å². The number of aliphatic carboxylic acids is 1. The van der Waals surface area contributed by atoms with Crippen molar-refractivity contribution >= 4 is 40.9 Å². The number of aromatic nitrogens is 2. The van der Waals surface area contributed by atoms with E-state index in [1.807, 2.05) is 6.92 Å². The molecule has 1 aromatic heterocycles. The van der Waals surface area contributed by atoms with Gasteiger partial charge in [0.15, 0.2) is 11.5 Å². The van der Waals surface area contributed by atoms with Crippen molar-refractivity contribution in [1.29, 1.82) is 0 Å². The smallest absolute Gasteiger partial charge is 0.433 e. The third-order valence-electron chi connectivity index (χ3n) is 8.26. The molecule has 1 saturated heterocycles. The van der Waals surface area contributed by atoms with E-state index in [9.17, 15) is 32.7 Å². The lowest BCUT2D eigenvalue weighted by atomic mass is 9.74. The number of alkyl halides is 3. The number of Topliss-reactive ketones (excluding diaryl/α,β-unsaturated/α-hetero) is 1. The van der Waals surface area contributed by atoms with E-state index in [0.29, 0.717) is 13.0 Å². The first-order valence-corrected chi connectivity index (χ1v) is 14.2. The number of benzene rings is 1. The highest BCUT2D eigenvalue weighted by molar-refractivity contribution is 6.40. The molecule has 1 unspecified atom stereocenters. The van der Waals surface area contributed by atoms with Gasteiger partial charge in [0.05, 0.1) is 51.0 Å². The van der Waals surface area contributed by atoms with Gasteiger partial charge in [-0.25, -0.2) is 0 Å². The zero-order chi connectivity index (χ0) is 30.3. The number of nitrogens with one attached hydrogen (secondary N) is 1. The molecule has 224 valence electrons. The van der Waals surface area contributed by atoms with Gasteiger partial charge in [-0.15, -0.1) is 0 Å². The fourth-order valence-corrected chi connectivity index (χ4v) is 6.59. The third kappa shape index (κ3) is 6.57. The number of carboxylic acid groups (broad SMARTS) is 1. The van der Waals surface area contributed by atoms with Crippen LogP contribution in [0.2, 0.25) is 10.0 Å². The molecule has 1 aliphatic heterocycles. The summed E-state index contributed by atoms with van der Waals surface area (Å²) in [6.45, 7) is 5.59. The molecular formula is C28H32Cl2F3N3O5. The lowest BCUT2D eigenvalue weighted by Crippen LogP contribution is -2.47. The van der Waals surface area contributed by atoms with Gasteiger partial charge >= 0.3 is 12.1 Å². The van der Waals surface area contributed by atoms with Gasteiger partial charge in [-0.3, -0.25) is 19.1 Å². The molecule has 4 rings (SSSR count). The lowest BCUT2D eigenvalue weighted by Gasteiger charge is -2.34. The van der Waals surface area contributed by atoms with Gasteiger partial charge in [0.1, 0.15) is 0 Å². The Morgan fingerprint density at radius 1 is 1.20 bits per heavy atom. The lowest BCUT2D eigenvalue weighted by molar-refractivity contribution is -0.152. The summed E-state index contributed by atoms with van der Waals surface area (Å²) in [7, 11) is 0. The van der Waals surface area contributed by atoms with Crippen LogP contribution in [0.5, 0.6) is 0 Å². The minimum absolute atomic E-state index is 0.0679. The highest BCUT2D eigenvalue weighted by Gasteiger charge is 2.45. The van der Waals surface area contributed by atoms with E-state index in [-0.39, 0.29) is 53.6 Å². The Morgan fingerprint density at radius 3 is 2.32 bits per heavy atom. The van der Waals surface area contributed by atoms with Crippen molar-refractivity contribution in [3.63, 3.8) is 0 Å². The van der Waals surface area contributed by atoms with Gasteiger partial charge in [0, 0.05) is 13.0 Å². The van der Waals surface area contributed by atoms with E-state index in [1.165, 1.54) is 0 Å². The standard InChI is InChI=1S/C28H32Cl2F3N3O5/c1-14-10-18(29)22(19(30)11-14)21(37)12-20(23-15(2)6-9-41-23)35-25(38)17-13-34-36(24(17)28(31,32)33)16-4-7-27(3,8-5-16)26(39)40/h10-11,13,15-16,20,23H,4-9,12H2,1-3H3,(H,35,38)(H,39,40)/t15-,16?,20?,23-,27?/m0/s1. The minimum Gasteiger partial charge on any atom is -0.481 e. The number of amides is 1. The Morgan fingerprint density at radius 2 is 1.80 bits per heavy atom. The molecular weight excluding hydrogens is 586 g/mol. The summed E-state index contributed by atoms with van der Waals surface area (Å²) in [5.74, 6) is -2.60. The van der Waals surface area contributed by atoms with Crippen LogP contribution in [-0.4, -0.2) is 51.3 Å². The second-order valence-electron chi connectivity index (χ2n) is 11.4. The van der Waals surface area contributed by atoms with Crippen LogP contribution in [0.4, 0.5) is 13.2 Å². The van der Waals surface area contributed by atoms with Gasteiger partial charge in [0.2, 0.25) is 0 Å². The number of halogens is 5. The summed E-state index contributed by atoms with van der Waals surface area (Å²) in [5.41, 5.74) is -2.11. The zero-order valence-corrected chi connectivity index (χ0v) is 24.4. The molecule has 0 radical (unpaired) electrons. The largest absolute Gasteiger partial charge is 0.481 e. The molecule has 2 aliphatic rings. The van der Waals surface area contributed by atoms with Gasteiger partial charge in [-0.05, 0) is 69.6 Å². The van der Waals surface area contributed by atoms with Crippen LogP contribution in [0.25, 0.3) is 0 Å². The first-order valence-electron chi connectivity index (χ1n) is 13.4. The molecule has 41 heavy (non-hydrogen) atoms. The van der Waals surface area contributed by atoms with Crippen LogP contribution in [0, 0.1) is 18.3 Å². The number of aryl methyl sites for hydroxylation is 1. The third-order valence-corrected chi connectivity index (χ3v) is 8.85. The number of rotatable bonds is 8. The number of ketones is 1. The molecule has 2 aromatic rings. The van der Waals surface area contributed by atoms with Crippen molar-refractivity contribution in [3.8, 4) is 0 Å². The molecule has 2 heterocycles. The van der Waals surface area contributed by atoms with E-state index in [0.717, 1.165) is 16.4 Å². The van der Waals surface area contributed by atoms with Crippen molar-refractivity contribution in [2.75, 3.05) is 6.61 Å². The number of hydrogen-bond donors (Lipinski definition) is 2. The number of hydrogen-bond acceptors (Lipinski definition) is 5. The molecule has 13 heteroatoms. The maximum Gasteiger partial charge on any atom is 0.433 e. The first kappa shape index (κ1) is 31.3. The first-order chi connectivity index (χ1) is 19.1. The molecule has 2 fully saturated rings. The van der Waals surface area contributed by atoms with Crippen LogP contribution in [-0.2, 0) is 15.7 Å². The van der Waals surface area contributed by atoms with E-state index in [4.69, 9.17) is 27.9 Å². The number of carbonyl (C=O) groups excluding carboxylic acids is 2. The summed E-state index contributed by atoms with van der Waals surface area (Å²) in [5, 5.41) is 16.3. The molecule has 0 spiro atoms. The van der Waals surface area contributed by atoms with Crippen molar-refractivity contribution in [3.05, 3.63) is 50.8 Å². The molecule has 1 aromatic carbocycles. The van der Waals surface area contributed by atoms with Crippen LogP contribution >= 0.6 is 23.2 Å². The van der Waals surface area contributed by atoms with Crippen LogP contribution in [0.3, 0.4) is 0 Å². The molecule has 1 saturated carbocycles. The average molecular weight is 618 g/mol. The van der Waals surface area contributed by atoms with E-state index in [2.05, 4.69) is 10.4 Å². The Hall–Kier alpha value is -2.63. The predicted octanol–water partition coefficient (Wildman–Crippen LogP) is 6.52. The molecule has 0 bridgehead atoms. The SMILES string of the molecule is Cc1cc(Cl)c(C(=O)CC(NC(=O)c2cnn(C3CCC(C)(C(=O)O)CC3)c2C(F)(F)F)[C@H]2OCC[C@@H]2C)c(Cl)c1. The summed E-state index contributed by atoms with van der Waals surface area (Å²) in [4.78, 5) is 38.3. The second-order valence-corrected chi connectivity index (χ2v) is 12.2. The molecule has 1 amide bonds. The monoisotopic (exact) mass is 617 g/mol. The highest BCUT2D eigenvalue weighted by atomic mass is 35.5. The maximum absolute atomic E-state index is 14.3. The molecule has 2 N–H and O–H groups in total. The van der Waals surface area contributed by atoms with E-state index < -0.39 is 58.7 Å².